The van der Waals surface area contributed by atoms with Crippen LogP contribution in [0.3, 0.4) is 0 Å². The minimum atomic E-state index is -5.09. The van der Waals surface area contributed by atoms with Crippen LogP contribution in [0.5, 0.6) is 0 Å². The Kier molecular flexibility index (Phi) is 6.25. The summed E-state index contributed by atoms with van der Waals surface area (Å²) in [5.74, 6) is -2.19. The Morgan fingerprint density at radius 1 is 1.04 bits per heavy atom. The van der Waals surface area contributed by atoms with Gasteiger partial charge in [-0.1, -0.05) is 31.2 Å². The van der Waals surface area contributed by atoms with E-state index in [1.54, 1.807) is 16.9 Å². The zero-order valence-electron chi connectivity index (χ0n) is 14.3. The summed E-state index contributed by atoms with van der Waals surface area (Å²) in [7, 11) is -4.79. The lowest BCUT2D eigenvalue weighted by Crippen LogP contribution is -2.32. The molecule has 0 aromatic heterocycles. The topological polar surface area (TPSA) is 63.2 Å². The van der Waals surface area contributed by atoms with E-state index < -0.39 is 38.4 Å². The van der Waals surface area contributed by atoms with E-state index in [4.69, 9.17) is 0 Å². The number of hydrogen-bond donors (Lipinski definition) is 1. The molecule has 9 heteroatoms. The van der Waals surface area contributed by atoms with E-state index in [2.05, 4.69) is 0 Å². The molecule has 0 radical (unpaired) electrons. The maximum Gasteiger partial charge on any atom is 0.417 e. The second kappa shape index (κ2) is 8.08. The fourth-order valence-corrected chi connectivity index (χ4v) is 3.64. The van der Waals surface area contributed by atoms with Gasteiger partial charge in [0.05, 0.1) is 10.5 Å². The third kappa shape index (κ3) is 5.53. The molecular formula is C18H17F4NO3S. The summed E-state index contributed by atoms with van der Waals surface area (Å²) in [6.45, 7) is 1.98. The molecule has 0 saturated heterocycles. The average Bonchev–Trinajstić information content (AvgIpc) is 2.59. The van der Waals surface area contributed by atoms with Gasteiger partial charge in [-0.3, -0.25) is 4.79 Å². The molecule has 146 valence electrons. The first-order valence-electron chi connectivity index (χ1n) is 8.03. The minimum absolute atomic E-state index is 0.0777. The minimum Gasteiger partial charge on any atom is -0.274 e. The highest BCUT2D eigenvalue weighted by molar-refractivity contribution is 7.90. The molecule has 0 aliphatic carbocycles. The molecule has 1 N–H and O–H groups in total. The summed E-state index contributed by atoms with van der Waals surface area (Å²) < 4.78 is 78.0. The van der Waals surface area contributed by atoms with Crippen LogP contribution >= 0.6 is 0 Å². The fourth-order valence-electron chi connectivity index (χ4n) is 2.41. The first-order valence-corrected chi connectivity index (χ1v) is 9.51. The number of alkyl halides is 3. The molecule has 0 saturated carbocycles. The Balaban J connectivity index is 2.12. The standard InChI is InChI=1S/C18H17F4NO3S/c1-2-12-3-5-13(6-4-12)7-10-17(24)23-27(25,26)16-9-8-14(19)11-15(16)18(20,21)22/h3-6,8-9,11H,2,7,10H2,1H3,(H,23,24). The molecule has 0 aliphatic heterocycles. The van der Waals surface area contributed by atoms with Crippen molar-refractivity contribution in [3.8, 4) is 0 Å². The summed E-state index contributed by atoms with van der Waals surface area (Å²) in [5, 5.41) is 0. The first-order chi connectivity index (χ1) is 12.5. The Bertz CT molecular complexity index is 923. The van der Waals surface area contributed by atoms with Crippen LogP contribution in [0.1, 0.15) is 30.0 Å². The quantitative estimate of drug-likeness (QED) is 0.746. The van der Waals surface area contributed by atoms with Gasteiger partial charge in [-0.2, -0.15) is 13.2 Å². The first kappa shape index (κ1) is 20.9. The molecule has 0 spiro atoms. The molecule has 2 aromatic rings. The second-order valence-corrected chi connectivity index (χ2v) is 7.49. The van der Waals surface area contributed by atoms with Gasteiger partial charge >= 0.3 is 6.18 Å². The molecule has 2 aromatic carbocycles. The van der Waals surface area contributed by atoms with Crippen LogP contribution in [0, 0.1) is 5.82 Å². The molecule has 0 unspecified atom stereocenters. The van der Waals surface area contributed by atoms with Crippen LogP contribution in [0.15, 0.2) is 47.4 Å². The van der Waals surface area contributed by atoms with E-state index in [1.165, 1.54) is 0 Å². The summed E-state index contributed by atoms with van der Waals surface area (Å²) in [6, 6.07) is 8.48. The number of sulfonamides is 1. The van der Waals surface area contributed by atoms with Crippen molar-refractivity contribution in [2.24, 2.45) is 0 Å². The van der Waals surface area contributed by atoms with Crippen LogP contribution < -0.4 is 4.72 Å². The predicted molar refractivity (Wildman–Crippen MR) is 90.9 cm³/mol. The third-order valence-electron chi connectivity index (χ3n) is 3.86. The van der Waals surface area contributed by atoms with Crippen molar-refractivity contribution in [2.45, 2.75) is 37.3 Å². The lowest BCUT2D eigenvalue weighted by Gasteiger charge is -2.14. The number of amides is 1. The van der Waals surface area contributed by atoms with Crippen molar-refractivity contribution >= 4 is 15.9 Å². The van der Waals surface area contributed by atoms with Gasteiger partial charge in [-0.15, -0.1) is 0 Å². The summed E-state index contributed by atoms with van der Waals surface area (Å²) in [4.78, 5) is 10.7. The molecule has 1 amide bonds. The van der Waals surface area contributed by atoms with Crippen molar-refractivity contribution in [1.82, 2.24) is 4.72 Å². The van der Waals surface area contributed by atoms with E-state index in [-0.39, 0.29) is 18.9 Å². The maximum absolute atomic E-state index is 13.1. The van der Waals surface area contributed by atoms with Crippen molar-refractivity contribution in [3.05, 3.63) is 65.0 Å². The Hall–Kier alpha value is -2.42. The highest BCUT2D eigenvalue weighted by Gasteiger charge is 2.38. The van der Waals surface area contributed by atoms with Gasteiger partial charge in [-0.25, -0.2) is 17.5 Å². The number of benzene rings is 2. The number of hydrogen-bond acceptors (Lipinski definition) is 3. The highest BCUT2D eigenvalue weighted by Crippen LogP contribution is 2.34. The average molecular weight is 403 g/mol. The number of carbonyl (C=O) groups is 1. The molecule has 2 rings (SSSR count). The number of carbonyl (C=O) groups excluding carboxylic acids is 1. The lowest BCUT2D eigenvalue weighted by atomic mass is 10.1. The molecule has 0 heterocycles. The second-order valence-electron chi connectivity index (χ2n) is 5.84. The molecule has 0 bridgehead atoms. The summed E-state index contributed by atoms with van der Waals surface area (Å²) in [6.07, 6.45) is -4.25. The van der Waals surface area contributed by atoms with Crippen molar-refractivity contribution in [2.75, 3.05) is 0 Å². The van der Waals surface area contributed by atoms with E-state index in [0.717, 1.165) is 17.5 Å². The SMILES string of the molecule is CCc1ccc(CCC(=O)NS(=O)(=O)c2ccc(F)cc2C(F)(F)F)cc1. The maximum atomic E-state index is 13.1. The van der Waals surface area contributed by atoms with E-state index in [0.29, 0.717) is 12.1 Å². The van der Waals surface area contributed by atoms with E-state index in [1.807, 2.05) is 19.1 Å². The van der Waals surface area contributed by atoms with Crippen LogP contribution in [0.2, 0.25) is 0 Å². The number of rotatable bonds is 6. The van der Waals surface area contributed by atoms with Gasteiger partial charge in [0.25, 0.3) is 10.0 Å². The number of nitrogens with one attached hydrogen (secondary N) is 1. The monoisotopic (exact) mass is 403 g/mol. The molecule has 27 heavy (non-hydrogen) atoms. The molecular weight excluding hydrogens is 386 g/mol. The van der Waals surface area contributed by atoms with Gasteiger partial charge in [-0.05, 0) is 42.2 Å². The molecule has 4 nitrogen and oxygen atoms in total. The largest absolute Gasteiger partial charge is 0.417 e. The van der Waals surface area contributed by atoms with Crippen LogP contribution in [0.4, 0.5) is 17.6 Å². The molecule has 0 atom stereocenters. The van der Waals surface area contributed by atoms with Gasteiger partial charge in [0.1, 0.15) is 5.82 Å². The van der Waals surface area contributed by atoms with Crippen molar-refractivity contribution in [1.29, 1.82) is 0 Å². The Morgan fingerprint density at radius 2 is 1.63 bits per heavy atom. The van der Waals surface area contributed by atoms with Crippen molar-refractivity contribution in [3.63, 3.8) is 0 Å². The zero-order chi connectivity index (χ0) is 20.2. The lowest BCUT2D eigenvalue weighted by molar-refractivity contribution is -0.140. The van der Waals surface area contributed by atoms with Crippen LogP contribution in [-0.2, 0) is 33.8 Å². The molecule has 0 fully saturated rings. The van der Waals surface area contributed by atoms with Crippen LogP contribution in [0.25, 0.3) is 0 Å². The summed E-state index contributed by atoms with van der Waals surface area (Å²) in [5.41, 5.74) is 0.220. The number of halogens is 4. The van der Waals surface area contributed by atoms with E-state index in [9.17, 15) is 30.8 Å². The predicted octanol–water partition coefficient (Wildman–Crippen LogP) is 3.84. The fraction of sp³-hybridized carbons (Fsp3) is 0.278. The van der Waals surface area contributed by atoms with Gasteiger partial charge in [0.15, 0.2) is 0 Å². The smallest absolute Gasteiger partial charge is 0.274 e. The van der Waals surface area contributed by atoms with Gasteiger partial charge < -0.3 is 0 Å². The number of aryl methyl sites for hydroxylation is 2. The summed E-state index contributed by atoms with van der Waals surface area (Å²) >= 11 is 0. The Morgan fingerprint density at radius 3 is 2.19 bits per heavy atom. The van der Waals surface area contributed by atoms with Gasteiger partial charge in [0, 0.05) is 6.42 Å². The normalized spacial score (nSPS) is 12.0. The highest BCUT2D eigenvalue weighted by atomic mass is 32.2. The molecule has 0 aliphatic rings. The zero-order valence-corrected chi connectivity index (χ0v) is 15.1. The van der Waals surface area contributed by atoms with E-state index >= 15 is 0 Å². The Labute approximate surface area is 154 Å². The van der Waals surface area contributed by atoms with Crippen LogP contribution in [-0.4, -0.2) is 14.3 Å². The van der Waals surface area contributed by atoms with Crippen molar-refractivity contribution < 1.29 is 30.8 Å². The third-order valence-corrected chi connectivity index (χ3v) is 5.29. The van der Waals surface area contributed by atoms with Gasteiger partial charge in [0.2, 0.25) is 5.91 Å².